The number of benzene rings is 2. The van der Waals surface area contributed by atoms with Gasteiger partial charge in [0, 0.05) is 17.7 Å². The predicted molar refractivity (Wildman–Crippen MR) is 108 cm³/mol. The Labute approximate surface area is 172 Å². The highest BCUT2D eigenvalue weighted by Gasteiger charge is 2.25. The van der Waals surface area contributed by atoms with Crippen LogP contribution in [0.4, 0.5) is 5.69 Å². The molecular formula is C20H23N3O7. The molecule has 30 heavy (non-hydrogen) atoms. The van der Waals surface area contributed by atoms with Gasteiger partial charge in [-0.2, -0.15) is 0 Å². The number of hydrogen-bond acceptors (Lipinski definition) is 7. The van der Waals surface area contributed by atoms with E-state index in [1.807, 2.05) is 0 Å². The Kier molecular flexibility index (Phi) is 7.45. The Bertz CT molecular complexity index is 942. The first-order chi connectivity index (χ1) is 14.3. The normalized spacial score (nSPS) is 12.1. The van der Waals surface area contributed by atoms with Crippen molar-refractivity contribution < 1.29 is 34.5 Å². The molecule has 0 bridgehead atoms. The van der Waals surface area contributed by atoms with Crippen molar-refractivity contribution in [2.75, 3.05) is 19.5 Å². The number of anilines is 1. The second-order valence-electron chi connectivity index (χ2n) is 6.28. The summed E-state index contributed by atoms with van der Waals surface area (Å²) in [5, 5.41) is 33.4. The van der Waals surface area contributed by atoms with Crippen molar-refractivity contribution in [3.05, 3.63) is 53.1 Å². The number of rotatable bonds is 10. The van der Waals surface area contributed by atoms with E-state index in [2.05, 4.69) is 10.5 Å². The number of carbonyl (C=O) groups is 2. The molecule has 0 heterocycles. The summed E-state index contributed by atoms with van der Waals surface area (Å²) >= 11 is 0. The molecule has 0 radical (unpaired) electrons. The number of oxime groups is 1. The van der Waals surface area contributed by atoms with Crippen LogP contribution in [-0.4, -0.2) is 47.4 Å². The van der Waals surface area contributed by atoms with E-state index in [1.165, 1.54) is 20.3 Å². The van der Waals surface area contributed by atoms with Crippen LogP contribution in [-0.2, 0) is 16.0 Å². The zero-order valence-corrected chi connectivity index (χ0v) is 16.5. The van der Waals surface area contributed by atoms with Crippen molar-refractivity contribution in [3.8, 4) is 11.5 Å². The Morgan fingerprint density at radius 1 is 1.10 bits per heavy atom. The molecule has 0 aliphatic heterocycles. The number of aliphatic carboxylic acids is 2. The van der Waals surface area contributed by atoms with Crippen LogP contribution in [0.1, 0.15) is 29.2 Å². The van der Waals surface area contributed by atoms with Gasteiger partial charge in [-0.25, -0.2) is 4.79 Å². The molecule has 0 fully saturated rings. The van der Waals surface area contributed by atoms with E-state index in [1.54, 1.807) is 30.3 Å². The minimum atomic E-state index is -1.19. The Morgan fingerprint density at radius 3 is 2.20 bits per heavy atom. The number of nitrogens with one attached hydrogen (secondary N) is 1. The molecule has 0 aromatic heterocycles. The van der Waals surface area contributed by atoms with Crippen molar-refractivity contribution in [3.63, 3.8) is 0 Å². The van der Waals surface area contributed by atoms with Crippen molar-refractivity contribution in [2.24, 2.45) is 10.9 Å². The minimum absolute atomic E-state index is 0.0767. The molecular weight excluding hydrogens is 394 g/mol. The molecule has 1 unspecified atom stereocenters. The molecule has 0 saturated carbocycles. The fraction of sp³-hybridized carbons (Fsp3) is 0.250. The number of nitrogens with two attached hydrogens (primary N) is 1. The molecule has 6 N–H and O–H groups in total. The number of aryl methyl sites for hydroxylation is 1. The fourth-order valence-corrected chi connectivity index (χ4v) is 2.90. The highest BCUT2D eigenvalue weighted by molar-refractivity contribution is 5.97. The van der Waals surface area contributed by atoms with Gasteiger partial charge in [-0.05, 0) is 53.9 Å². The van der Waals surface area contributed by atoms with Crippen LogP contribution in [0, 0.1) is 0 Å². The number of carboxylic acids is 2. The number of hydrogen-bond donors (Lipinski definition) is 5. The van der Waals surface area contributed by atoms with Crippen LogP contribution in [0.25, 0.3) is 0 Å². The van der Waals surface area contributed by atoms with Crippen molar-refractivity contribution in [1.82, 2.24) is 0 Å². The second-order valence-corrected chi connectivity index (χ2v) is 6.28. The van der Waals surface area contributed by atoms with Crippen LogP contribution in [0.3, 0.4) is 0 Å². The van der Waals surface area contributed by atoms with Gasteiger partial charge >= 0.3 is 11.9 Å². The SMILES string of the molecule is COc1cc(CCC(=O)O)c(C(Nc2ccc(C(N)=NO)cc2)C(=O)O)cc1OC. The molecule has 10 nitrogen and oxygen atoms in total. The fourth-order valence-electron chi connectivity index (χ4n) is 2.90. The Balaban J connectivity index is 2.46. The average molecular weight is 417 g/mol. The monoisotopic (exact) mass is 417 g/mol. The molecule has 0 saturated heterocycles. The van der Waals surface area contributed by atoms with Gasteiger partial charge in [-0.3, -0.25) is 4.79 Å². The highest BCUT2D eigenvalue weighted by atomic mass is 16.5. The van der Waals surface area contributed by atoms with Crippen LogP contribution in [0.15, 0.2) is 41.6 Å². The first-order valence-electron chi connectivity index (χ1n) is 8.84. The standard InChI is InChI=1S/C20H23N3O7/c1-29-15-9-12(5-8-17(24)25)14(10-16(15)30-2)18(20(26)27)22-13-6-3-11(4-7-13)19(21)23-28/h3-4,6-7,9-10,18,22,28H,5,8H2,1-2H3,(H2,21,23)(H,24,25)(H,26,27). The van der Waals surface area contributed by atoms with Crippen molar-refractivity contribution in [2.45, 2.75) is 18.9 Å². The number of methoxy groups -OCH3 is 2. The van der Waals surface area contributed by atoms with E-state index >= 15 is 0 Å². The Morgan fingerprint density at radius 2 is 1.70 bits per heavy atom. The quantitative estimate of drug-likeness (QED) is 0.168. The molecule has 0 aliphatic rings. The number of carboxylic acid groups (broad SMARTS) is 2. The van der Waals surface area contributed by atoms with Crippen LogP contribution in [0.5, 0.6) is 11.5 Å². The summed E-state index contributed by atoms with van der Waals surface area (Å²) in [5.41, 5.74) is 7.32. The maximum Gasteiger partial charge on any atom is 0.330 e. The van der Waals surface area contributed by atoms with Gasteiger partial charge in [0.2, 0.25) is 0 Å². The maximum absolute atomic E-state index is 12.0. The van der Waals surface area contributed by atoms with Gasteiger partial charge in [-0.15, -0.1) is 0 Å². The van der Waals surface area contributed by atoms with Crippen LogP contribution < -0.4 is 20.5 Å². The molecule has 2 aromatic carbocycles. The number of ether oxygens (including phenoxy) is 2. The maximum atomic E-state index is 12.0. The molecule has 0 aliphatic carbocycles. The zero-order valence-electron chi connectivity index (χ0n) is 16.5. The molecule has 10 heteroatoms. The third kappa shape index (κ3) is 5.31. The van der Waals surface area contributed by atoms with Gasteiger partial charge in [0.1, 0.15) is 0 Å². The topological polar surface area (TPSA) is 164 Å². The largest absolute Gasteiger partial charge is 0.493 e. The predicted octanol–water partition coefficient (Wildman–Crippen LogP) is 2.05. The zero-order chi connectivity index (χ0) is 22.3. The van der Waals surface area contributed by atoms with Gasteiger partial charge in [0.15, 0.2) is 23.4 Å². The summed E-state index contributed by atoms with van der Waals surface area (Å²) in [6.07, 6.45) is -0.0673. The smallest absolute Gasteiger partial charge is 0.330 e. The van der Waals surface area contributed by atoms with Gasteiger partial charge < -0.3 is 35.9 Å². The van der Waals surface area contributed by atoms with Crippen LogP contribution >= 0.6 is 0 Å². The highest BCUT2D eigenvalue weighted by Crippen LogP contribution is 2.35. The van der Waals surface area contributed by atoms with E-state index in [0.29, 0.717) is 33.9 Å². The lowest BCUT2D eigenvalue weighted by atomic mass is 9.95. The second kappa shape index (κ2) is 10.0. The summed E-state index contributed by atoms with van der Waals surface area (Å²) in [4.78, 5) is 23.1. The summed E-state index contributed by atoms with van der Waals surface area (Å²) < 4.78 is 10.5. The first-order valence-corrected chi connectivity index (χ1v) is 8.84. The molecule has 2 rings (SSSR count). The minimum Gasteiger partial charge on any atom is -0.493 e. The van der Waals surface area contributed by atoms with Crippen molar-refractivity contribution in [1.29, 1.82) is 0 Å². The third-order valence-electron chi connectivity index (χ3n) is 4.41. The van der Waals surface area contributed by atoms with E-state index in [9.17, 15) is 14.7 Å². The summed E-state index contributed by atoms with van der Waals surface area (Å²) in [5.74, 6) is -1.56. The van der Waals surface area contributed by atoms with Gasteiger partial charge in [-0.1, -0.05) is 5.16 Å². The van der Waals surface area contributed by atoms with E-state index < -0.39 is 18.0 Å². The molecule has 0 spiro atoms. The van der Waals surface area contributed by atoms with E-state index in [0.717, 1.165) is 0 Å². The molecule has 2 aromatic rings. The molecule has 0 amide bonds. The molecule has 1 atom stereocenters. The number of amidine groups is 1. The number of nitrogens with zero attached hydrogens (tertiary/aromatic N) is 1. The van der Waals surface area contributed by atoms with Gasteiger partial charge in [0.25, 0.3) is 0 Å². The third-order valence-corrected chi connectivity index (χ3v) is 4.41. The lowest BCUT2D eigenvalue weighted by Gasteiger charge is -2.21. The average Bonchev–Trinajstić information content (AvgIpc) is 2.75. The summed E-state index contributed by atoms with van der Waals surface area (Å²) in [6.45, 7) is 0. The van der Waals surface area contributed by atoms with Gasteiger partial charge in [0.05, 0.1) is 14.2 Å². The summed E-state index contributed by atoms with van der Waals surface area (Å²) in [6, 6.07) is 8.21. The Hall–Kier alpha value is -3.95. The lowest BCUT2D eigenvalue weighted by Crippen LogP contribution is -2.22. The first kappa shape index (κ1) is 22.3. The summed E-state index contributed by atoms with van der Waals surface area (Å²) in [7, 11) is 2.86. The lowest BCUT2D eigenvalue weighted by molar-refractivity contribution is -0.138. The van der Waals surface area contributed by atoms with Crippen molar-refractivity contribution >= 4 is 23.5 Å². The van der Waals surface area contributed by atoms with E-state index in [-0.39, 0.29) is 18.7 Å². The molecule has 160 valence electrons. The van der Waals surface area contributed by atoms with Crippen LogP contribution in [0.2, 0.25) is 0 Å². The van der Waals surface area contributed by atoms with E-state index in [4.69, 9.17) is 25.5 Å².